The van der Waals surface area contributed by atoms with Crippen LogP contribution in [0.3, 0.4) is 0 Å². The summed E-state index contributed by atoms with van der Waals surface area (Å²) in [5.74, 6) is 0. The lowest BCUT2D eigenvalue weighted by atomic mass is 10.2. The lowest BCUT2D eigenvalue weighted by Gasteiger charge is -2.34. The fourth-order valence-electron chi connectivity index (χ4n) is 3.23. The molecule has 1 aromatic carbocycles. The molecule has 0 radical (unpaired) electrons. The topological polar surface area (TPSA) is 58.4 Å². The molecule has 0 atom stereocenters. The minimum Gasteiger partial charge on any atom is -0.296 e. The Bertz CT molecular complexity index is 807. The van der Waals surface area contributed by atoms with Crippen molar-refractivity contribution in [2.24, 2.45) is 7.05 Å². The predicted octanol–water partition coefficient (Wildman–Crippen LogP) is 1.54. The van der Waals surface area contributed by atoms with Crippen LogP contribution < -0.4 is 0 Å². The molecule has 6 nitrogen and oxygen atoms in total. The summed E-state index contributed by atoms with van der Waals surface area (Å²) in [6, 6.07) is 10.3. The van der Waals surface area contributed by atoms with E-state index in [1.54, 1.807) is 29.9 Å². The number of sulfonamides is 1. The molecule has 1 aliphatic rings. The van der Waals surface area contributed by atoms with Gasteiger partial charge in [-0.1, -0.05) is 30.3 Å². The van der Waals surface area contributed by atoms with E-state index in [0.29, 0.717) is 29.4 Å². The van der Waals surface area contributed by atoms with E-state index in [-0.39, 0.29) is 0 Å². The number of hydrogen-bond donors (Lipinski definition) is 0. The van der Waals surface area contributed by atoms with Crippen molar-refractivity contribution in [3.8, 4) is 0 Å². The number of nitrogens with zero attached hydrogens (tertiary/aromatic N) is 4. The summed E-state index contributed by atoms with van der Waals surface area (Å²) < 4.78 is 29.1. The summed E-state index contributed by atoms with van der Waals surface area (Å²) in [6.45, 7) is 6.94. The van der Waals surface area contributed by atoms with Crippen LogP contribution in [0.4, 0.5) is 0 Å². The molecule has 0 bridgehead atoms. The molecule has 0 spiro atoms. The van der Waals surface area contributed by atoms with Crippen LogP contribution in [0, 0.1) is 13.8 Å². The Hall–Kier alpha value is -1.70. The lowest BCUT2D eigenvalue weighted by Crippen LogP contribution is -2.48. The summed E-state index contributed by atoms with van der Waals surface area (Å²) >= 11 is 0. The number of piperazine rings is 1. The van der Waals surface area contributed by atoms with Crippen LogP contribution >= 0.6 is 0 Å². The molecular formula is C17H24N4O2S. The summed E-state index contributed by atoms with van der Waals surface area (Å²) in [6.07, 6.45) is 0. The van der Waals surface area contributed by atoms with E-state index in [9.17, 15) is 8.42 Å². The highest BCUT2D eigenvalue weighted by Crippen LogP contribution is 2.24. The maximum atomic E-state index is 13.0. The van der Waals surface area contributed by atoms with Crippen molar-refractivity contribution < 1.29 is 8.42 Å². The number of rotatable bonds is 4. The van der Waals surface area contributed by atoms with Gasteiger partial charge in [0.05, 0.1) is 11.4 Å². The van der Waals surface area contributed by atoms with Crippen molar-refractivity contribution in [2.45, 2.75) is 25.3 Å². The van der Waals surface area contributed by atoms with E-state index < -0.39 is 10.0 Å². The molecule has 130 valence electrons. The molecule has 24 heavy (non-hydrogen) atoms. The number of aryl methyl sites for hydroxylation is 2. The van der Waals surface area contributed by atoms with Crippen LogP contribution in [0.1, 0.15) is 17.0 Å². The molecule has 2 aromatic rings. The zero-order valence-corrected chi connectivity index (χ0v) is 15.3. The highest BCUT2D eigenvalue weighted by Gasteiger charge is 2.32. The Kier molecular flexibility index (Phi) is 4.76. The van der Waals surface area contributed by atoms with Gasteiger partial charge in [0.2, 0.25) is 10.0 Å². The largest absolute Gasteiger partial charge is 0.296 e. The van der Waals surface area contributed by atoms with E-state index in [4.69, 9.17) is 0 Å². The number of benzene rings is 1. The third-order valence-electron chi connectivity index (χ3n) is 4.62. The zero-order chi connectivity index (χ0) is 17.3. The van der Waals surface area contributed by atoms with Gasteiger partial charge in [-0.2, -0.15) is 9.40 Å². The van der Waals surface area contributed by atoms with Gasteiger partial charge in [-0.05, 0) is 19.4 Å². The average Bonchev–Trinajstić information content (AvgIpc) is 2.82. The monoisotopic (exact) mass is 348 g/mol. The second-order valence-electron chi connectivity index (χ2n) is 6.29. The van der Waals surface area contributed by atoms with Crippen molar-refractivity contribution in [2.75, 3.05) is 26.2 Å². The summed E-state index contributed by atoms with van der Waals surface area (Å²) in [5, 5.41) is 4.24. The normalized spacial score (nSPS) is 17.3. The predicted molar refractivity (Wildman–Crippen MR) is 93.2 cm³/mol. The molecule has 3 rings (SSSR count). The highest BCUT2D eigenvalue weighted by molar-refractivity contribution is 7.89. The molecule has 0 aliphatic carbocycles. The van der Waals surface area contributed by atoms with Crippen LogP contribution in [0.2, 0.25) is 0 Å². The van der Waals surface area contributed by atoms with Crippen LogP contribution in [0.5, 0.6) is 0 Å². The third-order valence-corrected chi connectivity index (χ3v) is 6.77. The molecular weight excluding hydrogens is 324 g/mol. The quantitative estimate of drug-likeness (QED) is 0.841. The van der Waals surface area contributed by atoms with Gasteiger partial charge >= 0.3 is 0 Å². The van der Waals surface area contributed by atoms with Crippen LogP contribution in [0.25, 0.3) is 0 Å². The minimum absolute atomic E-state index is 0.363. The first-order valence-electron chi connectivity index (χ1n) is 8.16. The lowest BCUT2D eigenvalue weighted by molar-refractivity contribution is 0.181. The standard InChI is InChI=1S/C17H24N4O2S/c1-14-17(15(2)19(3)18-14)24(22,23)21-11-9-20(10-12-21)13-16-7-5-4-6-8-16/h4-8H,9-13H2,1-3H3. The minimum atomic E-state index is -3.48. The fraction of sp³-hybridized carbons (Fsp3) is 0.471. The van der Waals surface area contributed by atoms with Gasteiger partial charge in [-0.25, -0.2) is 8.42 Å². The Morgan fingerprint density at radius 1 is 1.04 bits per heavy atom. The third kappa shape index (κ3) is 3.24. The molecule has 0 amide bonds. The van der Waals surface area contributed by atoms with Gasteiger partial charge in [0.1, 0.15) is 4.90 Å². The molecule has 0 unspecified atom stereocenters. The molecule has 7 heteroatoms. The number of hydrogen-bond acceptors (Lipinski definition) is 4. The first-order chi connectivity index (χ1) is 11.4. The van der Waals surface area contributed by atoms with Crippen molar-refractivity contribution in [3.05, 3.63) is 47.3 Å². The second kappa shape index (κ2) is 6.66. The zero-order valence-electron chi connectivity index (χ0n) is 14.4. The van der Waals surface area contributed by atoms with E-state index in [2.05, 4.69) is 22.1 Å². The Balaban J connectivity index is 1.70. The van der Waals surface area contributed by atoms with E-state index in [1.165, 1.54) is 5.56 Å². The summed E-state index contributed by atoms with van der Waals surface area (Å²) in [7, 11) is -1.70. The summed E-state index contributed by atoms with van der Waals surface area (Å²) in [4.78, 5) is 2.66. The fourth-order valence-corrected chi connectivity index (χ4v) is 5.05. The smallest absolute Gasteiger partial charge is 0.246 e. The van der Waals surface area contributed by atoms with Gasteiger partial charge < -0.3 is 0 Å². The van der Waals surface area contributed by atoms with Crippen LogP contribution in [-0.2, 0) is 23.6 Å². The second-order valence-corrected chi connectivity index (χ2v) is 8.16. The highest BCUT2D eigenvalue weighted by atomic mass is 32.2. The average molecular weight is 348 g/mol. The maximum Gasteiger partial charge on any atom is 0.246 e. The van der Waals surface area contributed by atoms with Crippen molar-refractivity contribution in [1.29, 1.82) is 0 Å². The van der Waals surface area contributed by atoms with E-state index in [0.717, 1.165) is 19.6 Å². The molecule has 2 heterocycles. The van der Waals surface area contributed by atoms with E-state index in [1.807, 2.05) is 18.2 Å². The number of aromatic nitrogens is 2. The molecule has 1 fully saturated rings. The van der Waals surface area contributed by atoms with Crippen LogP contribution in [-0.4, -0.2) is 53.6 Å². The van der Waals surface area contributed by atoms with Gasteiger partial charge in [0.15, 0.2) is 0 Å². The van der Waals surface area contributed by atoms with Gasteiger partial charge in [0.25, 0.3) is 0 Å². The Morgan fingerprint density at radius 2 is 1.67 bits per heavy atom. The van der Waals surface area contributed by atoms with Crippen LogP contribution in [0.15, 0.2) is 35.2 Å². The molecule has 1 saturated heterocycles. The van der Waals surface area contributed by atoms with Crippen molar-refractivity contribution in [1.82, 2.24) is 19.0 Å². The molecule has 0 N–H and O–H groups in total. The Morgan fingerprint density at radius 3 is 2.21 bits per heavy atom. The maximum absolute atomic E-state index is 13.0. The van der Waals surface area contributed by atoms with Crippen molar-refractivity contribution in [3.63, 3.8) is 0 Å². The molecule has 1 aromatic heterocycles. The Labute approximate surface area is 143 Å². The van der Waals surface area contributed by atoms with Gasteiger partial charge in [-0.3, -0.25) is 9.58 Å². The first-order valence-corrected chi connectivity index (χ1v) is 9.60. The van der Waals surface area contributed by atoms with Crippen molar-refractivity contribution >= 4 is 10.0 Å². The summed E-state index contributed by atoms with van der Waals surface area (Å²) in [5.41, 5.74) is 2.52. The van der Waals surface area contributed by atoms with Gasteiger partial charge in [-0.15, -0.1) is 0 Å². The molecule has 0 saturated carbocycles. The first kappa shape index (κ1) is 17.1. The van der Waals surface area contributed by atoms with Gasteiger partial charge in [0, 0.05) is 39.8 Å². The SMILES string of the molecule is Cc1nn(C)c(C)c1S(=O)(=O)N1CCN(Cc2ccccc2)CC1. The molecule has 1 aliphatic heterocycles. The van der Waals surface area contributed by atoms with E-state index >= 15 is 0 Å².